The van der Waals surface area contributed by atoms with E-state index in [-0.39, 0.29) is 0 Å². The maximum atomic E-state index is 5.37. The molecule has 4 heteroatoms. The zero-order chi connectivity index (χ0) is 10.4. The zero-order valence-corrected chi connectivity index (χ0v) is 10.5. The Morgan fingerprint density at radius 2 is 2.27 bits per heavy atom. The van der Waals surface area contributed by atoms with Crippen molar-refractivity contribution < 1.29 is 4.52 Å². The van der Waals surface area contributed by atoms with E-state index in [1.165, 1.54) is 18.4 Å². The average molecular weight is 314 g/mol. The highest BCUT2D eigenvalue weighted by Gasteiger charge is 2.23. The molecule has 0 saturated heterocycles. The lowest BCUT2D eigenvalue weighted by atomic mass is 10.2. The molecule has 0 radical (unpaired) electrons. The summed E-state index contributed by atoms with van der Waals surface area (Å²) in [6.45, 7) is 2.08. The molecule has 0 spiro atoms. The van der Waals surface area contributed by atoms with Gasteiger partial charge in [-0.25, -0.2) is 0 Å². The summed E-state index contributed by atoms with van der Waals surface area (Å²) in [4.78, 5) is 0. The topological polar surface area (TPSA) is 38.1 Å². The van der Waals surface area contributed by atoms with Gasteiger partial charge in [-0.2, -0.15) is 0 Å². The number of hydrogen-bond acceptors (Lipinski definition) is 3. The molecule has 0 amide bonds. The van der Waals surface area contributed by atoms with Crippen molar-refractivity contribution in [2.24, 2.45) is 0 Å². The van der Waals surface area contributed by atoms with E-state index in [2.05, 4.69) is 52.1 Å². The molecule has 1 fully saturated rings. The molecule has 1 aromatic heterocycles. The van der Waals surface area contributed by atoms with Crippen LogP contribution in [0.4, 0.5) is 5.82 Å². The molecule has 15 heavy (non-hydrogen) atoms. The van der Waals surface area contributed by atoms with Crippen LogP contribution in [-0.2, 0) is 0 Å². The van der Waals surface area contributed by atoms with Gasteiger partial charge in [-0.15, -0.1) is 0 Å². The molecule has 0 unspecified atom stereocenters. The van der Waals surface area contributed by atoms with Crippen molar-refractivity contribution in [3.63, 3.8) is 0 Å². The highest BCUT2D eigenvalue weighted by Crippen LogP contribution is 2.32. The number of nitrogens with zero attached hydrogens (tertiary/aromatic N) is 1. The fourth-order valence-electron chi connectivity index (χ4n) is 1.60. The lowest BCUT2D eigenvalue weighted by Gasteiger charge is -1.99. The summed E-state index contributed by atoms with van der Waals surface area (Å²) in [6, 6.07) is 4.80. The van der Waals surface area contributed by atoms with Crippen molar-refractivity contribution >= 4 is 39.4 Å². The Balaban J connectivity index is 2.12. The maximum Gasteiger partial charge on any atom is 0.182 e. The largest absolute Gasteiger partial charge is 0.364 e. The van der Waals surface area contributed by atoms with E-state index in [1.807, 2.05) is 0 Å². The highest BCUT2D eigenvalue weighted by atomic mass is 127. The third-order valence-electron chi connectivity index (χ3n) is 2.69. The Labute approximate surface area is 101 Å². The first-order valence-electron chi connectivity index (χ1n) is 5.07. The standard InChI is InChI=1S/C11H11IN2O/c1-6-2-5-8-10(9(6)12)15-14-11(8)13-7-3-4-7/h2,5,7H,3-4H2,1H3,(H,13,14). The summed E-state index contributed by atoms with van der Waals surface area (Å²) in [5, 5.41) is 8.56. The van der Waals surface area contributed by atoms with E-state index in [0.717, 1.165) is 20.4 Å². The molecule has 0 atom stereocenters. The predicted molar refractivity (Wildman–Crippen MR) is 68.1 cm³/mol. The smallest absolute Gasteiger partial charge is 0.182 e. The summed E-state index contributed by atoms with van der Waals surface area (Å²) < 4.78 is 6.52. The van der Waals surface area contributed by atoms with E-state index in [0.29, 0.717) is 6.04 Å². The third kappa shape index (κ3) is 1.60. The molecule has 0 aliphatic heterocycles. The lowest BCUT2D eigenvalue weighted by molar-refractivity contribution is 0.457. The zero-order valence-electron chi connectivity index (χ0n) is 8.38. The molecular formula is C11H11IN2O. The second-order valence-electron chi connectivity index (χ2n) is 4.02. The second-order valence-corrected chi connectivity index (χ2v) is 5.10. The number of rotatable bonds is 2. The van der Waals surface area contributed by atoms with E-state index in [1.54, 1.807) is 0 Å². The number of aromatic nitrogens is 1. The summed E-state index contributed by atoms with van der Waals surface area (Å²) in [5.41, 5.74) is 2.14. The molecule has 2 aromatic rings. The van der Waals surface area contributed by atoms with Gasteiger partial charge in [-0.1, -0.05) is 11.2 Å². The predicted octanol–water partition coefficient (Wildman–Crippen LogP) is 3.32. The van der Waals surface area contributed by atoms with Gasteiger partial charge in [0.2, 0.25) is 0 Å². The van der Waals surface area contributed by atoms with Crippen molar-refractivity contribution in [1.82, 2.24) is 5.16 Å². The quantitative estimate of drug-likeness (QED) is 0.864. The highest BCUT2D eigenvalue weighted by molar-refractivity contribution is 14.1. The van der Waals surface area contributed by atoms with Crippen LogP contribution >= 0.6 is 22.6 Å². The summed E-state index contributed by atoms with van der Waals surface area (Å²) >= 11 is 2.30. The van der Waals surface area contributed by atoms with Gasteiger partial charge in [0.25, 0.3) is 0 Å². The Morgan fingerprint density at radius 1 is 1.47 bits per heavy atom. The van der Waals surface area contributed by atoms with Gasteiger partial charge >= 0.3 is 0 Å². The monoisotopic (exact) mass is 314 g/mol. The van der Waals surface area contributed by atoms with Crippen LogP contribution < -0.4 is 5.32 Å². The molecule has 1 N–H and O–H groups in total. The average Bonchev–Trinajstić information content (AvgIpc) is 2.93. The number of anilines is 1. The first-order chi connectivity index (χ1) is 7.25. The van der Waals surface area contributed by atoms with Gasteiger partial charge in [-0.05, 0) is 54.0 Å². The fourth-order valence-corrected chi connectivity index (χ4v) is 2.16. The summed E-state index contributed by atoms with van der Waals surface area (Å²) in [7, 11) is 0. The van der Waals surface area contributed by atoms with Crippen LogP contribution in [0.15, 0.2) is 16.7 Å². The minimum absolute atomic E-state index is 0.609. The molecule has 78 valence electrons. The van der Waals surface area contributed by atoms with Crippen molar-refractivity contribution in [3.8, 4) is 0 Å². The van der Waals surface area contributed by atoms with Crippen LogP contribution in [-0.4, -0.2) is 11.2 Å². The van der Waals surface area contributed by atoms with Crippen LogP contribution in [0.3, 0.4) is 0 Å². The molecule has 1 aromatic carbocycles. The van der Waals surface area contributed by atoms with Crippen LogP contribution in [0.5, 0.6) is 0 Å². The molecule has 1 saturated carbocycles. The van der Waals surface area contributed by atoms with Gasteiger partial charge < -0.3 is 9.84 Å². The number of nitrogens with one attached hydrogen (secondary N) is 1. The van der Waals surface area contributed by atoms with Crippen molar-refractivity contribution in [2.75, 3.05) is 5.32 Å². The number of aryl methyl sites for hydroxylation is 1. The van der Waals surface area contributed by atoms with Crippen LogP contribution in [0, 0.1) is 10.5 Å². The van der Waals surface area contributed by atoms with Crippen LogP contribution in [0.2, 0.25) is 0 Å². The minimum atomic E-state index is 0.609. The van der Waals surface area contributed by atoms with Crippen molar-refractivity contribution in [3.05, 3.63) is 21.3 Å². The molecule has 0 bridgehead atoms. The lowest BCUT2D eigenvalue weighted by Crippen LogP contribution is -2.00. The number of fused-ring (bicyclic) bond motifs is 1. The van der Waals surface area contributed by atoms with Crippen molar-refractivity contribution in [2.45, 2.75) is 25.8 Å². The van der Waals surface area contributed by atoms with Crippen LogP contribution in [0.1, 0.15) is 18.4 Å². The molecule has 3 nitrogen and oxygen atoms in total. The minimum Gasteiger partial charge on any atom is -0.364 e. The van der Waals surface area contributed by atoms with Gasteiger partial charge in [0.05, 0.1) is 8.96 Å². The summed E-state index contributed by atoms with van der Waals surface area (Å²) in [5.74, 6) is 0.894. The Kier molecular flexibility index (Phi) is 2.12. The number of benzene rings is 1. The molecule has 3 rings (SSSR count). The second kappa shape index (κ2) is 3.37. The first-order valence-corrected chi connectivity index (χ1v) is 6.14. The number of halogens is 1. The third-order valence-corrected chi connectivity index (χ3v) is 4.03. The first kappa shape index (κ1) is 9.45. The van der Waals surface area contributed by atoms with E-state index < -0.39 is 0 Å². The van der Waals surface area contributed by atoms with Gasteiger partial charge in [-0.3, -0.25) is 0 Å². The van der Waals surface area contributed by atoms with E-state index in [4.69, 9.17) is 4.52 Å². The molecule has 1 aliphatic carbocycles. The van der Waals surface area contributed by atoms with Crippen molar-refractivity contribution in [1.29, 1.82) is 0 Å². The normalized spacial score (nSPS) is 15.9. The Bertz CT molecular complexity index is 517. The molecule has 1 aliphatic rings. The molecule has 1 heterocycles. The van der Waals surface area contributed by atoms with Crippen LogP contribution in [0.25, 0.3) is 11.0 Å². The Morgan fingerprint density at radius 3 is 3.00 bits per heavy atom. The Hall–Kier alpha value is -0.780. The van der Waals surface area contributed by atoms with Gasteiger partial charge in [0.15, 0.2) is 11.4 Å². The molecular weight excluding hydrogens is 303 g/mol. The van der Waals surface area contributed by atoms with E-state index >= 15 is 0 Å². The van der Waals surface area contributed by atoms with E-state index in [9.17, 15) is 0 Å². The SMILES string of the molecule is Cc1ccc2c(NC3CC3)noc2c1I. The number of hydrogen-bond donors (Lipinski definition) is 1. The maximum absolute atomic E-state index is 5.37. The fraction of sp³-hybridized carbons (Fsp3) is 0.364. The summed E-state index contributed by atoms with van der Waals surface area (Å²) in [6.07, 6.45) is 2.49. The van der Waals surface area contributed by atoms with Gasteiger partial charge in [0.1, 0.15) is 0 Å². The van der Waals surface area contributed by atoms with Gasteiger partial charge in [0, 0.05) is 6.04 Å².